The minimum atomic E-state index is -1.41. The fraction of sp³-hybridized carbons (Fsp3) is 0.156. The van der Waals surface area contributed by atoms with Crippen LogP contribution in [0.25, 0.3) is 63.7 Å². The van der Waals surface area contributed by atoms with E-state index in [1.54, 1.807) is 106 Å². The van der Waals surface area contributed by atoms with E-state index in [9.17, 15) is 9.90 Å². The number of aliphatic hydroxyl groups is 4. The average molecular weight is 1710 g/mol. The Morgan fingerprint density at radius 3 is 1.52 bits per heavy atom. The van der Waals surface area contributed by atoms with E-state index >= 15 is 0 Å². The van der Waals surface area contributed by atoms with Crippen LogP contribution in [0.5, 0.6) is 11.5 Å². The van der Waals surface area contributed by atoms with Crippen molar-refractivity contribution in [2.45, 2.75) is 47.2 Å². The second kappa shape index (κ2) is 35.4. The quantitative estimate of drug-likeness (QED) is 0.0530. The number of ether oxygens (including phenoxy) is 3. The zero-order chi connectivity index (χ0) is 75.5. The molecule has 35 nitrogen and oxygen atoms in total. The van der Waals surface area contributed by atoms with Gasteiger partial charge in [-0.15, -0.1) is 22.7 Å². The predicted molar refractivity (Wildman–Crippen MR) is 407 cm³/mol. The Balaban J connectivity index is 0.000000145. The molecule has 545 valence electrons. The molecule has 18 N–H and O–H groups in total. The maximum Gasteiger partial charge on any atom is 0.499 e. The number of nitrogens with zero attached hydrogens (tertiary/aromatic N) is 19. The van der Waals surface area contributed by atoms with Crippen molar-refractivity contribution in [3.63, 3.8) is 0 Å². The van der Waals surface area contributed by atoms with E-state index in [4.69, 9.17) is 79.2 Å². The van der Waals surface area contributed by atoms with Crippen molar-refractivity contribution in [3.8, 4) is 28.0 Å². The molecule has 0 saturated carbocycles. The summed E-state index contributed by atoms with van der Waals surface area (Å²) in [6, 6.07) is 19.0. The zero-order valence-corrected chi connectivity index (χ0v) is 64.1. The van der Waals surface area contributed by atoms with E-state index in [1.807, 2.05) is 38.1 Å². The number of benzene rings is 2. The third-order valence-corrected chi connectivity index (χ3v) is 20.1. The van der Waals surface area contributed by atoms with Gasteiger partial charge in [0.25, 0.3) is 0 Å². The molecular formula is C64H63BBr3N25O10S2V. The van der Waals surface area contributed by atoms with Crippen molar-refractivity contribution in [1.82, 2.24) is 87.6 Å². The molecule has 2 aromatic carbocycles. The van der Waals surface area contributed by atoms with Gasteiger partial charge in [0, 0.05) is 81.4 Å². The van der Waals surface area contributed by atoms with Gasteiger partial charge in [0.2, 0.25) is 0 Å². The van der Waals surface area contributed by atoms with E-state index in [0.717, 1.165) is 79.9 Å². The molecule has 0 bridgehead atoms. The average Bonchev–Trinajstić information content (AvgIpc) is 1.62. The molecule has 0 atom stereocenters. The van der Waals surface area contributed by atoms with Gasteiger partial charge in [0.15, 0.2) is 34.9 Å². The van der Waals surface area contributed by atoms with Crippen LogP contribution >= 0.6 is 70.5 Å². The Bertz CT molecular complexity index is 5860. The Morgan fingerprint density at radius 2 is 1.03 bits per heavy atom. The zero-order valence-electron chi connectivity index (χ0n) is 56.3. The van der Waals surface area contributed by atoms with Gasteiger partial charge < -0.3 is 79.1 Å². The van der Waals surface area contributed by atoms with Crippen LogP contribution in [0.1, 0.15) is 56.2 Å². The molecule has 0 saturated heterocycles. The smallest absolute Gasteiger partial charge is 0.495 e. The molecule has 16 aromatic rings. The van der Waals surface area contributed by atoms with Crippen LogP contribution in [-0.2, 0) is 49.7 Å². The number of hydrogen-bond acceptors (Lipinski definition) is 31. The first-order chi connectivity index (χ1) is 50.5. The number of aromatic nitrogens is 18. The van der Waals surface area contributed by atoms with Gasteiger partial charge in [-0.2, -0.15) is 35.9 Å². The van der Waals surface area contributed by atoms with E-state index in [2.05, 4.69) is 120 Å². The normalized spacial score (nSPS) is 10.7. The number of thiophene rings is 2. The number of carbonyl (C=O) groups excluding carboxylic acids is 1. The topological polar surface area (TPSA) is 527 Å². The fourth-order valence-corrected chi connectivity index (χ4v) is 14.7. The summed E-state index contributed by atoms with van der Waals surface area (Å²) >= 11 is 12.9. The Hall–Kier alpha value is -10.7. The first-order valence-corrected chi connectivity index (χ1v) is 34.6. The van der Waals surface area contributed by atoms with E-state index in [-0.39, 0.29) is 51.0 Å². The van der Waals surface area contributed by atoms with Crippen LogP contribution in [0.3, 0.4) is 0 Å². The van der Waals surface area contributed by atoms with Crippen molar-refractivity contribution < 1.29 is 68.0 Å². The van der Waals surface area contributed by atoms with Crippen molar-refractivity contribution in [2.24, 2.45) is 0 Å². The summed E-state index contributed by atoms with van der Waals surface area (Å²) < 4.78 is 29.7. The number of rotatable bonds is 10. The van der Waals surface area contributed by atoms with Crippen LogP contribution in [0.15, 0.2) is 137 Å². The van der Waals surface area contributed by atoms with Crippen molar-refractivity contribution in [3.05, 3.63) is 182 Å². The van der Waals surface area contributed by atoms with Gasteiger partial charge >= 0.3 is 13.1 Å². The first kappa shape index (κ1) is 79.4. The van der Waals surface area contributed by atoms with Gasteiger partial charge in [-0.25, -0.2) is 61.8 Å². The number of halogens is 3. The van der Waals surface area contributed by atoms with Crippen molar-refractivity contribution in [2.75, 3.05) is 55.2 Å². The van der Waals surface area contributed by atoms with Crippen molar-refractivity contribution in [1.29, 1.82) is 5.26 Å². The Morgan fingerprint density at radius 1 is 0.547 bits per heavy atom. The summed E-state index contributed by atoms with van der Waals surface area (Å²) in [6.07, 6.45) is 16.6. The maximum absolute atomic E-state index is 11.4. The number of hydrogen-bond donors (Lipinski definition) is 12. The van der Waals surface area contributed by atoms with Gasteiger partial charge in [0.05, 0.1) is 76.7 Å². The second-order valence-corrected chi connectivity index (χ2v) is 26.4. The summed E-state index contributed by atoms with van der Waals surface area (Å²) in [5.74, 6) is 3.52. The summed E-state index contributed by atoms with van der Waals surface area (Å²) in [5.41, 5.74) is 45.2. The summed E-state index contributed by atoms with van der Waals surface area (Å²) in [6.45, 7) is 5.86. The molecule has 16 rings (SSSR count). The molecule has 0 fully saturated rings. The number of nitrogen functional groups attached to an aromatic ring is 6. The van der Waals surface area contributed by atoms with Gasteiger partial charge in [-0.05, 0) is 138 Å². The second-order valence-electron chi connectivity index (χ2n) is 22.0. The maximum atomic E-state index is 11.4. The van der Waals surface area contributed by atoms with Crippen LogP contribution in [0.2, 0.25) is 0 Å². The molecule has 106 heavy (non-hydrogen) atoms. The summed E-state index contributed by atoms with van der Waals surface area (Å²) in [7, 11) is 1.88. The molecule has 0 spiro atoms. The first-order valence-electron chi connectivity index (χ1n) is 30.6. The number of esters is 1. The molecule has 0 aliphatic carbocycles. The Kier molecular flexibility index (Phi) is 26.5. The van der Waals surface area contributed by atoms with Crippen LogP contribution in [-0.4, -0.2) is 152 Å². The SMILES string of the molecule is CCOC(=O)c1cc2c(N)ncnn2c1.COc1cc(C)cc2cc(-c3c(CO)cn4ncnc(N)c34)sc12.COc1cc(C)cc2cc(B(O)O)sc12.N#Cc1cc2c(N)ncnn2c1.Nc1ncnn2c(Br)c(CO)c(Br)c12.Nc1ncnn2cc(CO)c(Br)c12.Nc1ncnn2cc(CO)cc12.[V]. The number of fused-ring (bicyclic) bond motifs is 8. The number of nitrogens with two attached hydrogens (primary N) is 6. The molecular weight excluding hydrogens is 1640 g/mol. The minimum Gasteiger partial charge on any atom is -0.495 e. The minimum absolute atomic E-state index is 0. The predicted octanol–water partition coefficient (Wildman–Crippen LogP) is 6.27. The van der Waals surface area contributed by atoms with Gasteiger partial charge in [0.1, 0.15) is 93.2 Å². The largest absolute Gasteiger partial charge is 0.499 e. The van der Waals surface area contributed by atoms with Crippen LogP contribution in [0, 0.1) is 25.2 Å². The number of anilines is 6. The standard InChI is InChI=1S/C17H16N4O2S.C10H11BO3S.C9H10N4O2.C7H6Br2N4O.C7H7BrN4O.C7H5N5.C7H8N4O.V/c1-9-3-10-5-13(24-16(10)12(4-9)23-2)14-11(7-22)6-21-15(14)17(18)19-8-20-21;1-6-3-7-5-9(11(12)13)15-10(7)8(4-6)14-2;1-2-15-9(14)6-3-7-8(10)11-5-12-13(7)4-6;8-4-3(1-14)6(9)13-5(4)7(10)11-2-12-13;8-5-4(2-13)1-12-6(5)7(9)10-3-11-12;8-2-5-1-6-7(9)10-4-11-12(6)3-5;8-7-6-1-5(3-12)2-11(6)10-4-9-7;/h3-6,8,22H,7H2,1-2H3,(H2,18,19,20);3-5,12-13H,1-2H3;3-5H,2H2,1H3,(H2,10,11,12);2,14H,1H2,(H2,10,11,12);1,3,13H,2H2,(H2,9,10,11);1,3-4H,(H2,9,10,11);1-2,4,12H,3H2,(H2,8,9,10);. The number of carbonyl (C=O) groups is 1. The van der Waals surface area contributed by atoms with Gasteiger partial charge in [-0.3, -0.25) is 0 Å². The monoisotopic (exact) mass is 1700 g/mol. The molecule has 0 aliphatic rings. The number of nitriles is 1. The number of aliphatic hydroxyl groups excluding tert-OH is 4. The fourth-order valence-electron chi connectivity index (χ4n) is 10.3. The molecule has 0 unspecified atom stereocenters. The molecule has 42 heteroatoms. The van der Waals surface area contributed by atoms with Crippen LogP contribution in [0.4, 0.5) is 34.9 Å². The van der Waals surface area contributed by atoms with E-state index < -0.39 is 7.12 Å². The summed E-state index contributed by atoms with van der Waals surface area (Å²) in [5, 5.41) is 89.4. The summed E-state index contributed by atoms with van der Waals surface area (Å²) in [4.78, 5) is 35.6. The van der Waals surface area contributed by atoms with E-state index in [0.29, 0.717) is 99.6 Å². The number of aryl methyl sites for hydroxylation is 2. The van der Waals surface area contributed by atoms with E-state index in [1.165, 1.54) is 58.3 Å². The van der Waals surface area contributed by atoms with Crippen LogP contribution < -0.4 is 48.7 Å². The number of methoxy groups -OCH3 is 2. The van der Waals surface area contributed by atoms with Gasteiger partial charge in [-0.1, -0.05) is 12.1 Å². The molecule has 14 aromatic heterocycles. The molecule has 0 amide bonds. The molecule has 1 radical (unpaired) electrons. The molecule has 0 aliphatic heterocycles. The Labute approximate surface area is 644 Å². The van der Waals surface area contributed by atoms with Crippen molar-refractivity contribution >= 4 is 177 Å². The third kappa shape index (κ3) is 17.3. The third-order valence-electron chi connectivity index (χ3n) is 15.1. The molecule has 14 heterocycles.